The molecule has 0 aromatic heterocycles. The summed E-state index contributed by atoms with van der Waals surface area (Å²) in [6.45, 7) is 0. The molecule has 3 heteroatoms. The molecule has 0 amide bonds. The monoisotopic (exact) mass is 408 g/mol. The van der Waals surface area contributed by atoms with E-state index in [1.54, 1.807) is 7.11 Å². The Morgan fingerprint density at radius 2 is 1.68 bits per heavy atom. The van der Waals surface area contributed by atoms with E-state index >= 15 is 0 Å². The Labute approximate surface area is 184 Å². The fourth-order valence-electron chi connectivity index (χ4n) is 6.07. The first kappa shape index (κ1) is 18.6. The van der Waals surface area contributed by atoms with E-state index in [4.69, 9.17) is 4.74 Å². The molecule has 3 atom stereocenters. The molecule has 3 aromatic rings. The van der Waals surface area contributed by atoms with Crippen molar-refractivity contribution in [1.29, 1.82) is 0 Å². The minimum Gasteiger partial charge on any atom is -0.497 e. The van der Waals surface area contributed by atoms with Crippen molar-refractivity contribution in [3.05, 3.63) is 96.1 Å². The smallest absolute Gasteiger partial charge is 0.119 e. The number of benzene rings is 3. The molecule has 2 aliphatic heterocycles. The molecule has 0 bridgehead atoms. The molecule has 3 nitrogen and oxygen atoms in total. The summed E-state index contributed by atoms with van der Waals surface area (Å²) in [5.74, 6) is 1.81. The van der Waals surface area contributed by atoms with Crippen LogP contribution in [0.15, 0.2) is 84.9 Å². The summed E-state index contributed by atoms with van der Waals surface area (Å²) in [5, 5.41) is 4.03. The van der Waals surface area contributed by atoms with Gasteiger partial charge >= 0.3 is 0 Å². The van der Waals surface area contributed by atoms with Gasteiger partial charge in [-0.05, 0) is 66.8 Å². The van der Waals surface area contributed by atoms with Gasteiger partial charge in [0.05, 0.1) is 18.5 Å². The van der Waals surface area contributed by atoms with Gasteiger partial charge in [-0.2, -0.15) is 0 Å². The zero-order valence-electron chi connectivity index (χ0n) is 17.9. The first-order valence-corrected chi connectivity index (χ1v) is 11.4. The largest absolute Gasteiger partial charge is 0.497 e. The second kappa shape index (κ2) is 7.19. The van der Waals surface area contributed by atoms with Crippen LogP contribution >= 0.6 is 0 Å². The van der Waals surface area contributed by atoms with Crippen LogP contribution in [0.4, 0.5) is 11.4 Å². The van der Waals surface area contributed by atoms with Crippen LogP contribution in [0.3, 0.4) is 0 Å². The topological polar surface area (TPSA) is 24.5 Å². The van der Waals surface area contributed by atoms with Crippen molar-refractivity contribution in [3.8, 4) is 5.75 Å². The van der Waals surface area contributed by atoms with Crippen LogP contribution in [0.25, 0.3) is 5.70 Å². The molecule has 156 valence electrons. The average Bonchev–Trinajstić information content (AvgIpc) is 3.17. The van der Waals surface area contributed by atoms with Crippen LogP contribution < -0.4 is 15.0 Å². The minimum absolute atomic E-state index is 0.0769. The van der Waals surface area contributed by atoms with Crippen LogP contribution in [0.1, 0.15) is 42.7 Å². The second-order valence-corrected chi connectivity index (χ2v) is 8.97. The van der Waals surface area contributed by atoms with Crippen LogP contribution in [0.5, 0.6) is 5.75 Å². The van der Waals surface area contributed by atoms with Crippen molar-refractivity contribution >= 4 is 17.1 Å². The highest BCUT2D eigenvalue weighted by Crippen LogP contribution is 2.58. The van der Waals surface area contributed by atoms with E-state index in [1.807, 2.05) is 0 Å². The lowest BCUT2D eigenvalue weighted by molar-refractivity contribution is 0.198. The molecule has 0 saturated heterocycles. The van der Waals surface area contributed by atoms with Crippen molar-refractivity contribution in [2.75, 3.05) is 17.3 Å². The van der Waals surface area contributed by atoms with E-state index in [0.29, 0.717) is 11.8 Å². The molecule has 0 radical (unpaired) electrons. The Bertz CT molecular complexity index is 1120. The van der Waals surface area contributed by atoms with Crippen molar-refractivity contribution < 1.29 is 4.74 Å². The molecule has 1 fully saturated rings. The third-order valence-electron chi connectivity index (χ3n) is 7.41. The van der Waals surface area contributed by atoms with Gasteiger partial charge in [-0.3, -0.25) is 0 Å². The summed E-state index contributed by atoms with van der Waals surface area (Å²) >= 11 is 0. The normalized spacial score (nSPS) is 26.2. The first-order chi connectivity index (χ1) is 15.3. The number of hydrogen-bond acceptors (Lipinski definition) is 3. The summed E-state index contributed by atoms with van der Waals surface area (Å²) in [6, 6.07) is 28.4. The molecule has 1 spiro atoms. The van der Waals surface area contributed by atoms with Crippen molar-refractivity contribution in [1.82, 2.24) is 0 Å². The van der Waals surface area contributed by atoms with Crippen LogP contribution in [-0.4, -0.2) is 12.8 Å². The number of nitrogens with zero attached hydrogens (tertiary/aromatic N) is 1. The van der Waals surface area contributed by atoms with Gasteiger partial charge < -0.3 is 15.0 Å². The van der Waals surface area contributed by atoms with Gasteiger partial charge in [-0.1, -0.05) is 55.0 Å². The molecule has 0 unspecified atom stereocenters. The predicted molar refractivity (Wildman–Crippen MR) is 127 cm³/mol. The Hall–Kier alpha value is -3.20. The Morgan fingerprint density at radius 1 is 0.903 bits per heavy atom. The van der Waals surface area contributed by atoms with E-state index in [9.17, 15) is 0 Å². The van der Waals surface area contributed by atoms with Gasteiger partial charge in [-0.25, -0.2) is 0 Å². The van der Waals surface area contributed by atoms with Crippen LogP contribution in [-0.2, 0) is 0 Å². The molecular weight excluding hydrogens is 380 g/mol. The number of rotatable bonds is 3. The lowest BCUT2D eigenvalue weighted by Crippen LogP contribution is -2.60. The van der Waals surface area contributed by atoms with Gasteiger partial charge in [0.2, 0.25) is 0 Å². The van der Waals surface area contributed by atoms with E-state index < -0.39 is 0 Å². The van der Waals surface area contributed by atoms with E-state index in [2.05, 4.69) is 95.2 Å². The molecule has 3 aliphatic rings. The highest BCUT2D eigenvalue weighted by Gasteiger charge is 2.56. The molecule has 6 rings (SSSR count). The molecule has 3 aromatic carbocycles. The van der Waals surface area contributed by atoms with Crippen molar-refractivity contribution in [2.24, 2.45) is 5.92 Å². The van der Waals surface area contributed by atoms with E-state index in [0.717, 1.165) is 12.2 Å². The fraction of sp³-hybridized carbons (Fsp3) is 0.286. The predicted octanol–water partition coefficient (Wildman–Crippen LogP) is 6.65. The Balaban J connectivity index is 1.58. The molecule has 31 heavy (non-hydrogen) atoms. The summed E-state index contributed by atoms with van der Waals surface area (Å²) in [4.78, 5) is 2.62. The number of allylic oxidation sites excluding steroid dienone is 1. The Kier molecular flexibility index (Phi) is 4.31. The average molecular weight is 409 g/mol. The van der Waals surface area contributed by atoms with Gasteiger partial charge in [-0.15, -0.1) is 0 Å². The lowest BCUT2D eigenvalue weighted by atomic mass is 9.66. The summed E-state index contributed by atoms with van der Waals surface area (Å²) in [7, 11) is 1.72. The maximum atomic E-state index is 5.43. The molecule has 1 aliphatic carbocycles. The van der Waals surface area contributed by atoms with E-state index in [1.165, 1.54) is 47.5 Å². The maximum Gasteiger partial charge on any atom is 0.119 e. The number of fused-ring (bicyclic) bond motifs is 2. The number of para-hydroxylation sites is 2. The van der Waals surface area contributed by atoms with Gasteiger partial charge in [0.15, 0.2) is 0 Å². The number of ether oxygens (including phenoxy) is 1. The third-order valence-corrected chi connectivity index (χ3v) is 7.41. The number of methoxy groups -OCH3 is 1. The highest BCUT2D eigenvalue weighted by atomic mass is 16.5. The first-order valence-electron chi connectivity index (χ1n) is 11.4. The molecule has 1 N–H and O–H groups in total. The standard InChI is InChI=1S/C28H28N2O/c1-31-22-16-14-21(15-17-22)27-19-23(20-9-3-2-4-10-20)24-11-7-8-18-28(24)29-25-12-5-6-13-26(25)30(27)28/h2-6,9-10,12-17,19,23-24,29H,7-8,11,18H2,1H3/t23-,24-,28-/m1/s1. The number of hydrogen-bond donors (Lipinski definition) is 1. The lowest BCUT2D eigenvalue weighted by Gasteiger charge is -2.54. The quantitative estimate of drug-likeness (QED) is 0.525. The SMILES string of the molecule is COc1ccc(C2=C[C@H](c3ccccc3)[C@H]3CCCC[C@]34Nc3ccccc3N24)cc1. The number of nitrogens with one attached hydrogen (secondary N) is 1. The maximum absolute atomic E-state index is 5.43. The molecular formula is C28H28N2O. The minimum atomic E-state index is -0.0769. The van der Waals surface area contributed by atoms with Crippen LogP contribution in [0, 0.1) is 5.92 Å². The zero-order valence-corrected chi connectivity index (χ0v) is 17.9. The van der Waals surface area contributed by atoms with Crippen molar-refractivity contribution in [2.45, 2.75) is 37.3 Å². The fourth-order valence-corrected chi connectivity index (χ4v) is 6.07. The summed E-state index contributed by atoms with van der Waals surface area (Å²) < 4.78 is 5.43. The summed E-state index contributed by atoms with van der Waals surface area (Å²) in [5.41, 5.74) is 6.42. The highest BCUT2D eigenvalue weighted by molar-refractivity contribution is 5.93. The number of anilines is 2. The second-order valence-electron chi connectivity index (χ2n) is 8.97. The molecule has 2 heterocycles. The van der Waals surface area contributed by atoms with Crippen molar-refractivity contribution in [3.63, 3.8) is 0 Å². The Morgan fingerprint density at radius 3 is 2.48 bits per heavy atom. The van der Waals surface area contributed by atoms with Crippen LogP contribution in [0.2, 0.25) is 0 Å². The van der Waals surface area contributed by atoms with Gasteiger partial charge in [0.25, 0.3) is 0 Å². The van der Waals surface area contributed by atoms with Gasteiger partial charge in [0.1, 0.15) is 11.4 Å². The summed E-state index contributed by atoms with van der Waals surface area (Å²) in [6.07, 6.45) is 7.47. The van der Waals surface area contributed by atoms with E-state index in [-0.39, 0.29) is 5.66 Å². The zero-order chi connectivity index (χ0) is 20.8. The van der Waals surface area contributed by atoms with Gasteiger partial charge in [0, 0.05) is 17.5 Å². The molecule has 1 saturated carbocycles. The third kappa shape index (κ3) is 2.79.